The Morgan fingerprint density at radius 2 is 2.06 bits per heavy atom. The van der Waals surface area contributed by atoms with Crippen LogP contribution in [0.3, 0.4) is 0 Å². The van der Waals surface area contributed by atoms with Gasteiger partial charge in [-0.2, -0.15) is 0 Å². The number of carboxylic acids is 1. The van der Waals surface area contributed by atoms with E-state index in [4.69, 9.17) is 5.11 Å². The van der Waals surface area contributed by atoms with Gasteiger partial charge in [0.15, 0.2) is 0 Å². The summed E-state index contributed by atoms with van der Waals surface area (Å²) in [7, 11) is 0. The van der Waals surface area contributed by atoms with Crippen molar-refractivity contribution in [2.24, 2.45) is 5.92 Å². The maximum atomic E-state index is 10.9. The topological polar surface area (TPSA) is 69.6 Å². The molecule has 3 atom stereocenters. The number of carbonyl (C=O) groups excluding carboxylic acids is 1. The Morgan fingerprint density at radius 1 is 1.44 bits per heavy atom. The second kappa shape index (κ2) is 5.30. The van der Waals surface area contributed by atoms with Crippen LogP contribution in [-0.4, -0.2) is 47.1 Å². The molecule has 0 aromatic rings. The largest absolute Gasteiger partial charge is 0.481 e. The van der Waals surface area contributed by atoms with E-state index in [1.807, 2.05) is 6.92 Å². The van der Waals surface area contributed by atoms with Gasteiger partial charge >= 0.3 is 5.97 Å². The van der Waals surface area contributed by atoms with E-state index >= 15 is 0 Å². The van der Waals surface area contributed by atoms with Crippen LogP contribution in [0.15, 0.2) is 0 Å². The van der Waals surface area contributed by atoms with Crippen molar-refractivity contribution in [2.45, 2.75) is 39.3 Å². The highest BCUT2D eigenvalue weighted by atomic mass is 16.4. The molecule has 1 amide bonds. The van der Waals surface area contributed by atoms with Crippen LogP contribution in [0.4, 0.5) is 0 Å². The summed E-state index contributed by atoms with van der Waals surface area (Å²) in [4.78, 5) is 23.9. The van der Waals surface area contributed by atoms with Crippen LogP contribution >= 0.6 is 0 Å². The molecule has 1 fully saturated rings. The molecule has 1 saturated heterocycles. The summed E-state index contributed by atoms with van der Waals surface area (Å²) in [6.07, 6.45) is 0.899. The highest BCUT2D eigenvalue weighted by molar-refractivity contribution is 5.73. The molecule has 5 heteroatoms. The highest BCUT2D eigenvalue weighted by Gasteiger charge is 2.31. The summed E-state index contributed by atoms with van der Waals surface area (Å²) in [6.45, 7) is 6.75. The predicted molar refractivity (Wildman–Crippen MR) is 60.1 cm³/mol. The average molecular weight is 228 g/mol. The maximum absolute atomic E-state index is 10.9. The van der Waals surface area contributed by atoms with Crippen molar-refractivity contribution in [1.82, 2.24) is 10.2 Å². The van der Waals surface area contributed by atoms with E-state index in [9.17, 15) is 9.59 Å². The molecule has 0 radical (unpaired) electrons. The molecule has 0 aliphatic carbocycles. The number of carbonyl (C=O) groups is 2. The summed E-state index contributed by atoms with van der Waals surface area (Å²) in [5, 5.41) is 11.8. The predicted octanol–water partition coefficient (Wildman–Crippen LogP) is 0.306. The van der Waals surface area contributed by atoms with Crippen LogP contribution in [0.1, 0.15) is 27.2 Å². The van der Waals surface area contributed by atoms with Crippen LogP contribution in [0.25, 0.3) is 0 Å². The molecular formula is C11H20N2O3. The highest BCUT2D eigenvalue weighted by Crippen LogP contribution is 2.18. The van der Waals surface area contributed by atoms with Crippen molar-refractivity contribution in [1.29, 1.82) is 0 Å². The van der Waals surface area contributed by atoms with Gasteiger partial charge in [-0.1, -0.05) is 6.92 Å². The molecule has 0 bridgehead atoms. The molecule has 0 saturated carbocycles. The van der Waals surface area contributed by atoms with Crippen molar-refractivity contribution in [3.63, 3.8) is 0 Å². The van der Waals surface area contributed by atoms with Gasteiger partial charge in [0.05, 0.1) is 5.92 Å². The van der Waals surface area contributed by atoms with E-state index in [0.29, 0.717) is 0 Å². The summed E-state index contributed by atoms with van der Waals surface area (Å²) in [5.74, 6) is -1.17. The number of likely N-dealkylation sites (tertiary alicyclic amines) is 1. The van der Waals surface area contributed by atoms with E-state index in [1.54, 1.807) is 6.92 Å². The second-order valence-electron chi connectivity index (χ2n) is 4.55. The van der Waals surface area contributed by atoms with Crippen LogP contribution in [0.2, 0.25) is 0 Å². The van der Waals surface area contributed by atoms with E-state index < -0.39 is 5.97 Å². The van der Waals surface area contributed by atoms with Crippen molar-refractivity contribution < 1.29 is 14.7 Å². The van der Waals surface area contributed by atoms with Gasteiger partial charge in [-0.05, 0) is 13.3 Å². The first-order chi connectivity index (χ1) is 7.41. The zero-order valence-electron chi connectivity index (χ0n) is 10.1. The van der Waals surface area contributed by atoms with Crippen LogP contribution in [0.5, 0.6) is 0 Å². The molecule has 1 aliphatic heterocycles. The fraction of sp³-hybridized carbons (Fsp3) is 0.818. The minimum absolute atomic E-state index is 0.0104. The Balaban J connectivity index is 2.46. The number of amides is 1. The molecule has 1 aliphatic rings. The number of hydrogen-bond acceptors (Lipinski definition) is 3. The number of nitrogens with one attached hydrogen (secondary N) is 1. The number of carboxylic acid groups (broad SMARTS) is 1. The summed E-state index contributed by atoms with van der Waals surface area (Å²) in [6, 6.07) is 0.178. The van der Waals surface area contributed by atoms with Crippen LogP contribution in [0, 0.1) is 5.92 Å². The Hall–Kier alpha value is -1.10. The third-order valence-corrected chi connectivity index (χ3v) is 3.32. The molecule has 5 nitrogen and oxygen atoms in total. The van der Waals surface area contributed by atoms with Gasteiger partial charge in [-0.15, -0.1) is 0 Å². The molecule has 1 heterocycles. The summed E-state index contributed by atoms with van der Waals surface area (Å²) in [5.41, 5.74) is 0. The molecule has 2 N–H and O–H groups in total. The fourth-order valence-electron chi connectivity index (χ4n) is 2.09. The van der Waals surface area contributed by atoms with Gasteiger partial charge in [0.25, 0.3) is 0 Å². The SMILES string of the molecule is CC(=O)NC1CCN(C(C)C(C)C(=O)O)C1. The molecule has 92 valence electrons. The first-order valence-corrected chi connectivity index (χ1v) is 5.65. The number of hydrogen-bond donors (Lipinski definition) is 2. The Bertz CT molecular complexity index is 280. The smallest absolute Gasteiger partial charge is 0.307 e. The van der Waals surface area contributed by atoms with E-state index in [0.717, 1.165) is 19.5 Å². The zero-order chi connectivity index (χ0) is 12.3. The van der Waals surface area contributed by atoms with Crippen LogP contribution in [-0.2, 0) is 9.59 Å². The fourth-order valence-corrected chi connectivity index (χ4v) is 2.09. The third kappa shape index (κ3) is 3.20. The second-order valence-corrected chi connectivity index (χ2v) is 4.55. The molecule has 0 spiro atoms. The molecule has 3 unspecified atom stereocenters. The van der Waals surface area contributed by atoms with E-state index in [1.165, 1.54) is 6.92 Å². The Kier molecular flexibility index (Phi) is 4.29. The Labute approximate surface area is 95.8 Å². The van der Waals surface area contributed by atoms with Gasteiger partial charge in [0, 0.05) is 32.1 Å². The van der Waals surface area contributed by atoms with Crippen molar-refractivity contribution in [3.05, 3.63) is 0 Å². The quantitative estimate of drug-likeness (QED) is 0.726. The van der Waals surface area contributed by atoms with Crippen LogP contribution < -0.4 is 5.32 Å². The lowest BCUT2D eigenvalue weighted by Crippen LogP contribution is -2.42. The number of rotatable bonds is 4. The van der Waals surface area contributed by atoms with Gasteiger partial charge in [0.1, 0.15) is 0 Å². The summed E-state index contributed by atoms with van der Waals surface area (Å²) >= 11 is 0. The standard InChI is InChI=1S/C11H20N2O3/c1-7(11(15)16)8(2)13-5-4-10(6-13)12-9(3)14/h7-8,10H,4-6H2,1-3H3,(H,12,14)(H,15,16). The minimum atomic E-state index is -0.768. The van der Waals surface area contributed by atoms with Gasteiger partial charge < -0.3 is 10.4 Å². The molecule has 16 heavy (non-hydrogen) atoms. The van der Waals surface area contributed by atoms with Crippen molar-refractivity contribution in [2.75, 3.05) is 13.1 Å². The Morgan fingerprint density at radius 3 is 2.56 bits per heavy atom. The molecule has 1 rings (SSSR count). The average Bonchev–Trinajstić information content (AvgIpc) is 2.62. The monoisotopic (exact) mass is 228 g/mol. The van der Waals surface area contributed by atoms with Crippen molar-refractivity contribution >= 4 is 11.9 Å². The normalized spacial score (nSPS) is 25.1. The molecule has 0 aromatic heterocycles. The molecule has 0 aromatic carbocycles. The maximum Gasteiger partial charge on any atom is 0.307 e. The number of aliphatic carboxylic acids is 1. The summed E-state index contributed by atoms with van der Waals surface area (Å²) < 4.78 is 0. The van der Waals surface area contributed by atoms with Gasteiger partial charge in [-0.3, -0.25) is 14.5 Å². The number of nitrogens with zero attached hydrogens (tertiary/aromatic N) is 1. The lowest BCUT2D eigenvalue weighted by Gasteiger charge is -2.27. The third-order valence-electron chi connectivity index (χ3n) is 3.32. The van der Waals surface area contributed by atoms with E-state index in [-0.39, 0.29) is 23.9 Å². The first kappa shape index (κ1) is 13.0. The zero-order valence-corrected chi connectivity index (χ0v) is 10.1. The minimum Gasteiger partial charge on any atom is -0.481 e. The molecular weight excluding hydrogens is 208 g/mol. The van der Waals surface area contributed by atoms with E-state index in [2.05, 4.69) is 10.2 Å². The first-order valence-electron chi connectivity index (χ1n) is 5.65. The lowest BCUT2D eigenvalue weighted by atomic mass is 10.0. The van der Waals surface area contributed by atoms with Gasteiger partial charge in [0.2, 0.25) is 5.91 Å². The van der Waals surface area contributed by atoms with Gasteiger partial charge in [-0.25, -0.2) is 0 Å². The lowest BCUT2D eigenvalue weighted by molar-refractivity contribution is -0.143. The van der Waals surface area contributed by atoms with Crippen molar-refractivity contribution in [3.8, 4) is 0 Å².